The van der Waals surface area contributed by atoms with Gasteiger partial charge >= 0.3 is 0 Å². The fourth-order valence-corrected chi connectivity index (χ4v) is 3.47. The van der Waals surface area contributed by atoms with Crippen molar-refractivity contribution < 1.29 is 0 Å². The van der Waals surface area contributed by atoms with E-state index >= 15 is 0 Å². The zero-order chi connectivity index (χ0) is 17.9. The van der Waals surface area contributed by atoms with Crippen LogP contribution in [0.3, 0.4) is 0 Å². The lowest BCUT2D eigenvalue weighted by Gasteiger charge is -2.19. The van der Waals surface area contributed by atoms with Gasteiger partial charge in [-0.05, 0) is 44.2 Å². The van der Waals surface area contributed by atoms with Gasteiger partial charge in [0, 0.05) is 38.3 Å². The van der Waals surface area contributed by atoms with Crippen LogP contribution in [0.25, 0.3) is 0 Å². The van der Waals surface area contributed by atoms with Crippen molar-refractivity contribution in [2.45, 2.75) is 38.5 Å². The smallest absolute Gasteiger partial charge is 0.191 e. The molecule has 1 aliphatic carbocycles. The Morgan fingerprint density at radius 2 is 1.88 bits per heavy atom. The Balaban J connectivity index is 0.00000243. The molecule has 0 amide bonds. The number of aliphatic imine (C=N–C) groups is 1. The number of benzene rings is 1. The van der Waals surface area contributed by atoms with Gasteiger partial charge in [0.2, 0.25) is 0 Å². The van der Waals surface area contributed by atoms with E-state index < -0.39 is 0 Å². The largest absolute Gasteiger partial charge is 0.356 e. The first kappa shape index (κ1) is 20.7. The first-order valence-corrected chi connectivity index (χ1v) is 9.05. The molecule has 1 heterocycles. The van der Waals surface area contributed by atoms with E-state index in [2.05, 4.69) is 64.9 Å². The van der Waals surface area contributed by atoms with Crippen LogP contribution in [-0.2, 0) is 18.9 Å². The molecule has 1 aliphatic rings. The summed E-state index contributed by atoms with van der Waals surface area (Å²) in [6.45, 7) is 5.98. The van der Waals surface area contributed by atoms with Crippen molar-refractivity contribution in [3.05, 3.63) is 52.8 Å². The lowest BCUT2D eigenvalue weighted by atomic mass is 9.96. The van der Waals surface area contributed by atoms with Crippen LogP contribution < -0.4 is 10.6 Å². The van der Waals surface area contributed by atoms with Crippen LogP contribution in [0.15, 0.2) is 35.3 Å². The lowest BCUT2D eigenvalue weighted by molar-refractivity contribution is 0.645. The van der Waals surface area contributed by atoms with Crippen LogP contribution in [0, 0.1) is 13.8 Å². The third-order valence-electron chi connectivity index (χ3n) is 5.38. The Morgan fingerprint density at radius 1 is 1.19 bits per heavy atom. The molecule has 1 fully saturated rings. The predicted octanol–water partition coefficient (Wildman–Crippen LogP) is 3.09. The van der Waals surface area contributed by atoms with Crippen molar-refractivity contribution >= 4 is 29.9 Å². The van der Waals surface area contributed by atoms with Crippen molar-refractivity contribution in [3.8, 4) is 0 Å². The van der Waals surface area contributed by atoms with Crippen molar-refractivity contribution in [1.29, 1.82) is 0 Å². The molecular weight excluding hydrogens is 437 g/mol. The standard InChI is InChI=1S/C20H29N5.HI/c1-15-18(16(2)25(4)24-15)10-13-22-19(21-3)23-14-20(11-12-20)17-8-6-5-7-9-17;/h5-9H,10-14H2,1-4H3,(H2,21,22,23);1H. The Hall–Kier alpha value is -1.57. The summed E-state index contributed by atoms with van der Waals surface area (Å²) in [5.41, 5.74) is 5.40. The highest BCUT2D eigenvalue weighted by Crippen LogP contribution is 2.47. The summed E-state index contributed by atoms with van der Waals surface area (Å²) in [7, 11) is 3.83. The van der Waals surface area contributed by atoms with Gasteiger partial charge < -0.3 is 10.6 Å². The summed E-state index contributed by atoms with van der Waals surface area (Å²) in [6.07, 6.45) is 3.44. The van der Waals surface area contributed by atoms with Crippen LogP contribution in [0.2, 0.25) is 0 Å². The van der Waals surface area contributed by atoms with Crippen molar-refractivity contribution in [3.63, 3.8) is 0 Å². The third kappa shape index (κ3) is 4.58. The highest BCUT2D eigenvalue weighted by Gasteiger charge is 2.43. The highest BCUT2D eigenvalue weighted by atomic mass is 127. The Labute approximate surface area is 173 Å². The van der Waals surface area contributed by atoms with E-state index in [9.17, 15) is 0 Å². The molecule has 1 aromatic heterocycles. The number of rotatable bonds is 6. The predicted molar refractivity (Wildman–Crippen MR) is 119 cm³/mol. The van der Waals surface area contributed by atoms with Gasteiger partial charge in [-0.2, -0.15) is 5.10 Å². The van der Waals surface area contributed by atoms with Gasteiger partial charge in [-0.25, -0.2) is 0 Å². The maximum Gasteiger partial charge on any atom is 0.191 e. The van der Waals surface area contributed by atoms with E-state index in [0.717, 1.165) is 31.2 Å². The van der Waals surface area contributed by atoms with Crippen LogP contribution >= 0.6 is 24.0 Å². The second-order valence-corrected chi connectivity index (χ2v) is 7.02. The number of guanidine groups is 1. The molecule has 5 nitrogen and oxygen atoms in total. The molecule has 1 saturated carbocycles. The van der Waals surface area contributed by atoms with Gasteiger partial charge in [-0.3, -0.25) is 9.67 Å². The molecular formula is C20H30IN5. The fraction of sp³-hybridized carbons (Fsp3) is 0.500. The molecule has 0 bridgehead atoms. The minimum atomic E-state index is 0. The summed E-state index contributed by atoms with van der Waals surface area (Å²) >= 11 is 0. The van der Waals surface area contributed by atoms with Crippen LogP contribution in [-0.4, -0.2) is 35.9 Å². The zero-order valence-electron chi connectivity index (χ0n) is 16.2. The molecule has 0 radical (unpaired) electrons. The first-order valence-electron chi connectivity index (χ1n) is 9.05. The van der Waals surface area contributed by atoms with E-state index in [4.69, 9.17) is 0 Å². The SMILES string of the molecule is CN=C(NCCc1c(C)nn(C)c1C)NCC1(c2ccccc2)CC1.I. The van der Waals surface area contributed by atoms with E-state index in [-0.39, 0.29) is 29.4 Å². The number of halogens is 1. The van der Waals surface area contributed by atoms with Crippen molar-refractivity contribution in [1.82, 2.24) is 20.4 Å². The summed E-state index contributed by atoms with van der Waals surface area (Å²) < 4.78 is 1.95. The van der Waals surface area contributed by atoms with Gasteiger partial charge in [0.1, 0.15) is 0 Å². The highest BCUT2D eigenvalue weighted by molar-refractivity contribution is 14.0. The number of hydrogen-bond acceptors (Lipinski definition) is 2. The second kappa shape index (κ2) is 8.88. The molecule has 0 aliphatic heterocycles. The molecule has 2 aromatic rings. The molecule has 6 heteroatoms. The Bertz CT molecular complexity index is 747. The Kier molecular flexibility index (Phi) is 7.08. The lowest BCUT2D eigenvalue weighted by Crippen LogP contribution is -2.42. The molecule has 2 N–H and O–H groups in total. The van der Waals surface area contributed by atoms with Gasteiger partial charge in [0.15, 0.2) is 5.96 Å². The van der Waals surface area contributed by atoms with Gasteiger partial charge in [-0.1, -0.05) is 30.3 Å². The molecule has 0 unspecified atom stereocenters. The number of hydrogen-bond donors (Lipinski definition) is 2. The van der Waals surface area contributed by atoms with E-state index in [1.54, 1.807) is 0 Å². The molecule has 0 atom stereocenters. The van der Waals surface area contributed by atoms with Crippen molar-refractivity contribution in [2.24, 2.45) is 12.0 Å². The van der Waals surface area contributed by atoms with Crippen molar-refractivity contribution in [2.75, 3.05) is 20.1 Å². The topological polar surface area (TPSA) is 54.2 Å². The summed E-state index contributed by atoms with van der Waals surface area (Å²) in [5, 5.41) is 11.4. The normalized spacial score (nSPS) is 15.3. The fourth-order valence-electron chi connectivity index (χ4n) is 3.47. The molecule has 0 spiro atoms. The maximum absolute atomic E-state index is 4.48. The molecule has 1 aromatic carbocycles. The minimum absolute atomic E-state index is 0. The van der Waals surface area contributed by atoms with Crippen LogP contribution in [0.5, 0.6) is 0 Å². The summed E-state index contributed by atoms with van der Waals surface area (Å²) in [5.74, 6) is 0.876. The van der Waals surface area contributed by atoms with E-state index in [0.29, 0.717) is 0 Å². The average molecular weight is 467 g/mol. The van der Waals surface area contributed by atoms with Gasteiger partial charge in [0.05, 0.1) is 5.69 Å². The molecule has 26 heavy (non-hydrogen) atoms. The average Bonchev–Trinajstić information content (AvgIpc) is 3.38. The zero-order valence-corrected chi connectivity index (χ0v) is 18.5. The molecule has 142 valence electrons. The number of nitrogens with one attached hydrogen (secondary N) is 2. The minimum Gasteiger partial charge on any atom is -0.356 e. The van der Waals surface area contributed by atoms with Crippen LogP contribution in [0.4, 0.5) is 0 Å². The maximum atomic E-state index is 4.48. The third-order valence-corrected chi connectivity index (χ3v) is 5.38. The molecule has 3 rings (SSSR count). The van der Waals surface area contributed by atoms with Gasteiger partial charge in [0.25, 0.3) is 0 Å². The van der Waals surface area contributed by atoms with Crippen LogP contribution in [0.1, 0.15) is 35.4 Å². The van der Waals surface area contributed by atoms with E-state index in [1.165, 1.54) is 29.7 Å². The number of aryl methyl sites for hydroxylation is 2. The van der Waals surface area contributed by atoms with Gasteiger partial charge in [-0.15, -0.1) is 24.0 Å². The quantitative estimate of drug-likeness (QED) is 0.390. The summed E-state index contributed by atoms with van der Waals surface area (Å²) in [4.78, 5) is 4.37. The molecule has 0 saturated heterocycles. The second-order valence-electron chi connectivity index (χ2n) is 7.02. The Morgan fingerprint density at radius 3 is 2.42 bits per heavy atom. The van der Waals surface area contributed by atoms with E-state index in [1.807, 2.05) is 18.8 Å². The monoisotopic (exact) mass is 467 g/mol. The summed E-state index contributed by atoms with van der Waals surface area (Å²) in [6, 6.07) is 10.8. The first-order chi connectivity index (χ1) is 12.1. The number of nitrogens with zero attached hydrogens (tertiary/aromatic N) is 3. The number of aromatic nitrogens is 2.